The minimum atomic E-state index is -0.610. The predicted molar refractivity (Wildman–Crippen MR) is 101 cm³/mol. The SMILES string of the molecule is [Br-].[CH2-]CCOC(c1ccccc1)(c1ccccc1)c1ccccc1.[Mg+2]. The molecule has 0 heterocycles. The number of hydrogen-bond acceptors (Lipinski definition) is 1. The van der Waals surface area contributed by atoms with Crippen molar-refractivity contribution in [2.24, 2.45) is 0 Å². The summed E-state index contributed by atoms with van der Waals surface area (Å²) >= 11 is 0. The molecule has 1 nitrogen and oxygen atoms in total. The van der Waals surface area contributed by atoms with Gasteiger partial charge in [-0.05, 0) is 16.7 Å². The third-order valence-corrected chi connectivity index (χ3v) is 4.00. The van der Waals surface area contributed by atoms with Crippen LogP contribution in [0.25, 0.3) is 0 Å². The van der Waals surface area contributed by atoms with Crippen LogP contribution in [-0.4, -0.2) is 29.7 Å². The van der Waals surface area contributed by atoms with Crippen molar-refractivity contribution in [3.05, 3.63) is 115 Å². The summed E-state index contributed by atoms with van der Waals surface area (Å²) in [5, 5.41) is 0. The molecule has 0 bridgehead atoms. The zero-order valence-electron chi connectivity index (χ0n) is 14.3. The molecule has 3 aromatic carbocycles. The summed E-state index contributed by atoms with van der Waals surface area (Å²) in [4.78, 5) is 0. The molecule has 0 aromatic heterocycles. The smallest absolute Gasteiger partial charge is 1.00 e. The van der Waals surface area contributed by atoms with Gasteiger partial charge < -0.3 is 28.6 Å². The van der Waals surface area contributed by atoms with E-state index >= 15 is 0 Å². The molecular formula is C22H21BrMgO. The van der Waals surface area contributed by atoms with Gasteiger partial charge in [0, 0.05) is 6.61 Å². The topological polar surface area (TPSA) is 9.23 Å². The quantitative estimate of drug-likeness (QED) is 0.345. The molecular weight excluding hydrogens is 384 g/mol. The average molecular weight is 406 g/mol. The maximum atomic E-state index is 6.47. The Hall–Kier alpha value is -1.13. The summed E-state index contributed by atoms with van der Waals surface area (Å²) in [6.45, 7) is 4.54. The van der Waals surface area contributed by atoms with Crippen LogP contribution in [0.3, 0.4) is 0 Å². The number of hydrogen-bond donors (Lipinski definition) is 0. The number of rotatable bonds is 6. The van der Waals surface area contributed by atoms with Crippen molar-refractivity contribution in [2.45, 2.75) is 12.0 Å². The van der Waals surface area contributed by atoms with E-state index in [4.69, 9.17) is 4.74 Å². The molecule has 0 aliphatic heterocycles. The molecule has 3 heteroatoms. The summed E-state index contributed by atoms with van der Waals surface area (Å²) in [7, 11) is 0. The van der Waals surface area contributed by atoms with Gasteiger partial charge in [-0.1, -0.05) is 91.0 Å². The van der Waals surface area contributed by atoms with Gasteiger partial charge in [0.05, 0.1) is 0 Å². The fraction of sp³-hybridized carbons (Fsp3) is 0.136. The Labute approximate surface area is 177 Å². The molecule has 0 spiro atoms. The Morgan fingerprint density at radius 1 is 0.640 bits per heavy atom. The van der Waals surface area contributed by atoms with Gasteiger partial charge in [0.2, 0.25) is 0 Å². The Kier molecular flexibility index (Phi) is 9.44. The monoisotopic (exact) mass is 404 g/mol. The summed E-state index contributed by atoms with van der Waals surface area (Å²) < 4.78 is 6.47. The first-order valence-corrected chi connectivity index (χ1v) is 7.97. The molecule has 3 aromatic rings. The fourth-order valence-electron chi connectivity index (χ4n) is 2.99. The zero-order chi connectivity index (χ0) is 16.0. The van der Waals surface area contributed by atoms with Crippen molar-refractivity contribution in [1.82, 2.24) is 0 Å². The Morgan fingerprint density at radius 3 is 1.24 bits per heavy atom. The molecule has 25 heavy (non-hydrogen) atoms. The third kappa shape index (κ3) is 4.73. The van der Waals surface area contributed by atoms with Crippen LogP contribution in [0.2, 0.25) is 0 Å². The fourth-order valence-corrected chi connectivity index (χ4v) is 2.99. The molecule has 0 aliphatic carbocycles. The van der Waals surface area contributed by atoms with Crippen LogP contribution in [0.4, 0.5) is 0 Å². The van der Waals surface area contributed by atoms with Crippen LogP contribution >= 0.6 is 0 Å². The standard InChI is InChI=1S/C22H21O.BrH.Mg/c1-2-18-23-22(19-12-6-3-7-13-19,20-14-8-4-9-15-20)21-16-10-5-11-17-21;;/h3-17H,1-2,18H2;1H;/q-1;;+2/p-1. The number of halogens is 1. The van der Waals surface area contributed by atoms with Crippen LogP contribution in [0.5, 0.6) is 0 Å². The van der Waals surface area contributed by atoms with Crippen LogP contribution < -0.4 is 17.0 Å². The van der Waals surface area contributed by atoms with Crippen molar-refractivity contribution in [3.8, 4) is 0 Å². The molecule has 0 saturated heterocycles. The van der Waals surface area contributed by atoms with E-state index in [0.29, 0.717) is 6.61 Å². The number of ether oxygens (including phenoxy) is 1. The van der Waals surface area contributed by atoms with Gasteiger partial charge >= 0.3 is 23.1 Å². The van der Waals surface area contributed by atoms with E-state index in [1.54, 1.807) is 0 Å². The summed E-state index contributed by atoms with van der Waals surface area (Å²) in [6, 6.07) is 31.2. The molecule has 0 radical (unpaired) electrons. The minimum absolute atomic E-state index is 0. The van der Waals surface area contributed by atoms with Crippen molar-refractivity contribution in [3.63, 3.8) is 0 Å². The van der Waals surface area contributed by atoms with Gasteiger partial charge in [0.25, 0.3) is 0 Å². The molecule has 0 atom stereocenters. The first-order chi connectivity index (χ1) is 11.4. The first kappa shape index (κ1) is 21.9. The van der Waals surface area contributed by atoms with E-state index in [-0.39, 0.29) is 40.0 Å². The van der Waals surface area contributed by atoms with Gasteiger partial charge in [-0.25, -0.2) is 0 Å². The van der Waals surface area contributed by atoms with Gasteiger partial charge in [0.15, 0.2) is 0 Å². The molecule has 0 saturated carbocycles. The second kappa shape index (κ2) is 10.8. The largest absolute Gasteiger partial charge is 2.00 e. The Morgan fingerprint density at radius 2 is 0.960 bits per heavy atom. The number of benzene rings is 3. The summed E-state index contributed by atoms with van der Waals surface area (Å²) in [6.07, 6.45) is 0.730. The molecule has 0 N–H and O–H groups in total. The molecule has 0 aliphatic rings. The van der Waals surface area contributed by atoms with Gasteiger partial charge in [-0.15, -0.1) is 0 Å². The van der Waals surface area contributed by atoms with E-state index in [2.05, 4.69) is 79.7 Å². The van der Waals surface area contributed by atoms with E-state index in [1.165, 1.54) is 0 Å². The zero-order valence-corrected chi connectivity index (χ0v) is 17.3. The van der Waals surface area contributed by atoms with Crippen LogP contribution in [0.1, 0.15) is 23.1 Å². The normalized spacial score (nSPS) is 10.4. The Bertz CT molecular complexity index is 620. The second-order valence-corrected chi connectivity index (χ2v) is 5.48. The molecule has 0 amide bonds. The first-order valence-electron chi connectivity index (χ1n) is 7.97. The van der Waals surface area contributed by atoms with Gasteiger partial charge in [-0.2, -0.15) is 6.42 Å². The van der Waals surface area contributed by atoms with Crippen LogP contribution in [0.15, 0.2) is 91.0 Å². The molecule has 124 valence electrons. The van der Waals surface area contributed by atoms with Crippen molar-refractivity contribution >= 4 is 23.1 Å². The van der Waals surface area contributed by atoms with Crippen molar-refractivity contribution < 1.29 is 21.7 Å². The van der Waals surface area contributed by atoms with E-state index < -0.39 is 5.60 Å². The average Bonchev–Trinajstić information content (AvgIpc) is 2.65. The summed E-state index contributed by atoms with van der Waals surface area (Å²) in [5.41, 5.74) is 2.78. The maximum Gasteiger partial charge on any atom is 2.00 e. The van der Waals surface area contributed by atoms with Crippen molar-refractivity contribution in [1.29, 1.82) is 0 Å². The van der Waals surface area contributed by atoms with Crippen LogP contribution in [-0.2, 0) is 10.3 Å². The van der Waals surface area contributed by atoms with E-state index in [1.807, 2.05) is 18.2 Å². The van der Waals surface area contributed by atoms with Crippen LogP contribution in [0, 0.1) is 6.92 Å². The minimum Gasteiger partial charge on any atom is -1.00 e. The predicted octanol–water partition coefficient (Wildman–Crippen LogP) is 1.84. The van der Waals surface area contributed by atoms with Crippen molar-refractivity contribution in [2.75, 3.05) is 6.61 Å². The maximum absolute atomic E-state index is 6.47. The summed E-state index contributed by atoms with van der Waals surface area (Å²) in [5.74, 6) is 0. The molecule has 0 fully saturated rings. The van der Waals surface area contributed by atoms with E-state index in [0.717, 1.165) is 23.1 Å². The molecule has 3 rings (SSSR count). The van der Waals surface area contributed by atoms with Gasteiger partial charge in [-0.3, -0.25) is 0 Å². The third-order valence-electron chi connectivity index (χ3n) is 4.00. The second-order valence-electron chi connectivity index (χ2n) is 5.48. The molecule has 0 unspecified atom stereocenters. The Balaban J connectivity index is 0.00000156. The van der Waals surface area contributed by atoms with Gasteiger partial charge in [0.1, 0.15) is 5.60 Å². The van der Waals surface area contributed by atoms with E-state index in [9.17, 15) is 0 Å².